The van der Waals surface area contributed by atoms with Crippen LogP contribution in [0.1, 0.15) is 74.9 Å². The second-order valence-corrected chi connectivity index (χ2v) is 12.1. The maximum atomic E-state index is 12.9. The van der Waals surface area contributed by atoms with Crippen molar-refractivity contribution in [3.8, 4) is 11.5 Å². The highest BCUT2D eigenvalue weighted by molar-refractivity contribution is 9.09. The summed E-state index contributed by atoms with van der Waals surface area (Å²) in [5.41, 5.74) is -0.822. The van der Waals surface area contributed by atoms with Crippen molar-refractivity contribution in [2.45, 2.75) is 77.6 Å². The minimum atomic E-state index is -4.55. The zero-order valence-electron chi connectivity index (χ0n) is 24.8. The number of alkyl halides is 9. The summed E-state index contributed by atoms with van der Waals surface area (Å²) in [6, 6.07) is 5.35. The Balaban J connectivity index is 0.000000272. The number of ether oxygens (including phenoxy) is 1. The largest absolute Gasteiger partial charge is 0.508 e. The Morgan fingerprint density at radius 1 is 0.689 bits per heavy atom. The lowest BCUT2D eigenvalue weighted by atomic mass is 10.0. The van der Waals surface area contributed by atoms with Crippen LogP contribution >= 0.6 is 47.8 Å². The fourth-order valence-electron chi connectivity index (χ4n) is 4.18. The highest BCUT2D eigenvalue weighted by Gasteiger charge is 2.38. The summed E-state index contributed by atoms with van der Waals surface area (Å²) in [7, 11) is 0. The second kappa shape index (κ2) is 19.0. The van der Waals surface area contributed by atoms with Crippen molar-refractivity contribution in [2.24, 2.45) is 0 Å². The number of rotatable bonds is 12. The van der Waals surface area contributed by atoms with E-state index in [-0.39, 0.29) is 27.7 Å². The van der Waals surface area contributed by atoms with Gasteiger partial charge >= 0.3 is 12.4 Å². The van der Waals surface area contributed by atoms with Gasteiger partial charge in [0.1, 0.15) is 11.5 Å². The van der Waals surface area contributed by atoms with Crippen molar-refractivity contribution in [1.29, 1.82) is 0 Å². The zero-order chi connectivity index (χ0) is 33.6. The number of benzene rings is 2. The summed E-state index contributed by atoms with van der Waals surface area (Å²) in [6.07, 6.45) is -2.17. The Bertz CT molecular complexity index is 1450. The van der Waals surface area contributed by atoms with Crippen molar-refractivity contribution in [1.82, 2.24) is 10.3 Å². The summed E-state index contributed by atoms with van der Waals surface area (Å²) < 4.78 is 91.8. The summed E-state index contributed by atoms with van der Waals surface area (Å²) in [5.74, 6) is 0.512. The van der Waals surface area contributed by atoms with E-state index < -0.39 is 23.7 Å². The second-order valence-electron chi connectivity index (χ2n) is 9.75. The number of halogens is 9. The number of aromatic nitrogens is 2. The molecule has 0 radical (unpaired) electrons. The number of unbranched alkanes of at least 4 members (excludes halogenated alkanes) is 2. The fraction of sp³-hybridized carbons (Fsp3) is 0.533. The summed E-state index contributed by atoms with van der Waals surface area (Å²) in [5, 5.41) is 18.9. The van der Waals surface area contributed by atoms with E-state index in [2.05, 4.69) is 58.1 Å². The van der Waals surface area contributed by atoms with Gasteiger partial charge in [-0.05, 0) is 62.8 Å². The van der Waals surface area contributed by atoms with E-state index in [9.17, 15) is 31.4 Å². The lowest BCUT2D eigenvalue weighted by Gasteiger charge is -2.11. The molecule has 0 atom stereocenters. The molecule has 252 valence electrons. The van der Waals surface area contributed by atoms with Gasteiger partial charge in [-0.3, -0.25) is 0 Å². The predicted octanol–water partition coefficient (Wildman–Crippen LogP) is 11.4. The smallest absolute Gasteiger partial charge is 0.437 e. The van der Waals surface area contributed by atoms with E-state index in [1.54, 1.807) is 6.07 Å². The van der Waals surface area contributed by atoms with Gasteiger partial charge in [-0.1, -0.05) is 84.8 Å². The molecule has 0 saturated heterocycles. The Labute approximate surface area is 282 Å². The SMILES string of the molecule is BrCCCCBr.CCCc1c(O)ccc2c(C(F)(F)F)noc12.CCCc1c(OCCCCBr)ccc2c(C(F)(F)F)noc12. The molecule has 0 fully saturated rings. The van der Waals surface area contributed by atoms with Crippen LogP contribution in [0.15, 0.2) is 33.3 Å². The first-order valence-corrected chi connectivity index (χ1v) is 17.7. The first-order chi connectivity index (χ1) is 21.3. The maximum absolute atomic E-state index is 12.9. The van der Waals surface area contributed by atoms with Gasteiger partial charge in [-0.15, -0.1) is 0 Å². The molecule has 0 amide bonds. The standard InChI is InChI=1S/C15H17BrF3NO2.C11H10F3NO2.C4H8Br2/c1-2-5-10-12(21-9-4-3-8-16)7-6-11-13(10)22-20-14(11)15(17,18)19;1-2-3-6-8(16)5-4-7-9(6)17-15-10(7)11(12,13)14;5-3-1-2-4-6/h6-7H,2-5,8-9H2,1H3;4-5,16H,2-3H2,1H3;1-4H2. The molecule has 4 aromatic rings. The number of hydrogen-bond acceptors (Lipinski definition) is 6. The van der Waals surface area contributed by atoms with E-state index in [0.29, 0.717) is 42.7 Å². The average molecular weight is 841 g/mol. The van der Waals surface area contributed by atoms with Gasteiger partial charge in [0.25, 0.3) is 0 Å². The molecule has 0 aliphatic heterocycles. The van der Waals surface area contributed by atoms with Crippen molar-refractivity contribution in [3.63, 3.8) is 0 Å². The van der Waals surface area contributed by atoms with Gasteiger partial charge in [0.2, 0.25) is 0 Å². The van der Waals surface area contributed by atoms with Crippen molar-refractivity contribution in [2.75, 3.05) is 22.6 Å². The van der Waals surface area contributed by atoms with Crippen molar-refractivity contribution in [3.05, 3.63) is 46.8 Å². The van der Waals surface area contributed by atoms with Crippen LogP contribution in [0.4, 0.5) is 26.3 Å². The number of aryl methyl sites for hydroxylation is 2. The quantitative estimate of drug-likeness (QED) is 0.0869. The molecule has 4 rings (SSSR count). The van der Waals surface area contributed by atoms with Crippen LogP contribution in [0.2, 0.25) is 0 Å². The molecule has 2 heterocycles. The molecule has 45 heavy (non-hydrogen) atoms. The molecule has 0 unspecified atom stereocenters. The first kappa shape index (κ1) is 39.2. The monoisotopic (exact) mass is 838 g/mol. The molecule has 2 aromatic heterocycles. The van der Waals surface area contributed by atoms with Crippen LogP contribution in [0.25, 0.3) is 21.9 Å². The van der Waals surface area contributed by atoms with Gasteiger partial charge in [-0.25, -0.2) is 0 Å². The molecule has 6 nitrogen and oxygen atoms in total. The molecule has 0 saturated carbocycles. The maximum Gasteiger partial charge on any atom is 0.437 e. The molecule has 0 aliphatic carbocycles. The summed E-state index contributed by atoms with van der Waals surface area (Å²) >= 11 is 10.0. The number of phenols is 1. The van der Waals surface area contributed by atoms with E-state index in [4.69, 9.17) is 13.8 Å². The molecular weight excluding hydrogens is 806 g/mol. The highest BCUT2D eigenvalue weighted by atomic mass is 79.9. The molecule has 1 N–H and O–H groups in total. The summed E-state index contributed by atoms with van der Waals surface area (Å²) in [4.78, 5) is 0. The lowest BCUT2D eigenvalue weighted by molar-refractivity contribution is -0.142. The molecule has 0 aliphatic rings. The van der Waals surface area contributed by atoms with Crippen LogP contribution in [-0.2, 0) is 25.2 Å². The van der Waals surface area contributed by atoms with Crippen molar-refractivity contribution >= 4 is 69.7 Å². The third-order valence-electron chi connectivity index (χ3n) is 6.26. The van der Waals surface area contributed by atoms with Crippen LogP contribution in [0.3, 0.4) is 0 Å². The number of nitrogens with zero attached hydrogens (tertiary/aromatic N) is 2. The van der Waals surface area contributed by atoms with Gasteiger partial charge < -0.3 is 18.9 Å². The van der Waals surface area contributed by atoms with Gasteiger partial charge in [-0.2, -0.15) is 26.3 Å². The molecule has 0 bridgehead atoms. The number of phenolic OH excluding ortho intramolecular Hbond substituents is 1. The van der Waals surface area contributed by atoms with E-state index in [1.807, 2.05) is 13.8 Å². The number of fused-ring (bicyclic) bond motifs is 2. The highest BCUT2D eigenvalue weighted by Crippen LogP contribution is 2.39. The topological polar surface area (TPSA) is 81.5 Å². The predicted molar refractivity (Wildman–Crippen MR) is 173 cm³/mol. The number of aromatic hydroxyl groups is 1. The van der Waals surface area contributed by atoms with Crippen LogP contribution in [0, 0.1) is 0 Å². The van der Waals surface area contributed by atoms with Gasteiger partial charge in [0.05, 0.1) is 17.4 Å². The summed E-state index contributed by atoms with van der Waals surface area (Å²) in [6.45, 7) is 4.34. The van der Waals surface area contributed by atoms with Crippen LogP contribution in [0.5, 0.6) is 11.5 Å². The van der Waals surface area contributed by atoms with Crippen LogP contribution < -0.4 is 4.74 Å². The molecular formula is C30H35Br3F6N2O4. The normalized spacial score (nSPS) is 11.7. The third-order valence-corrected chi connectivity index (χ3v) is 7.94. The van der Waals surface area contributed by atoms with E-state index >= 15 is 0 Å². The van der Waals surface area contributed by atoms with E-state index in [1.165, 1.54) is 31.0 Å². The fourth-order valence-corrected chi connectivity index (χ4v) is 5.37. The van der Waals surface area contributed by atoms with Crippen molar-refractivity contribution < 1.29 is 45.2 Å². The number of hydrogen-bond donors (Lipinski definition) is 1. The Morgan fingerprint density at radius 2 is 1.13 bits per heavy atom. The van der Waals surface area contributed by atoms with Gasteiger partial charge in [0, 0.05) is 27.1 Å². The zero-order valence-corrected chi connectivity index (χ0v) is 29.5. The molecule has 2 aromatic carbocycles. The molecule has 0 spiro atoms. The Kier molecular flexibility index (Phi) is 16.5. The van der Waals surface area contributed by atoms with E-state index in [0.717, 1.165) is 35.3 Å². The minimum absolute atomic E-state index is 0.0104. The first-order valence-electron chi connectivity index (χ1n) is 14.3. The average Bonchev–Trinajstić information content (AvgIpc) is 3.63. The minimum Gasteiger partial charge on any atom is -0.508 e. The van der Waals surface area contributed by atoms with Gasteiger partial charge in [0.15, 0.2) is 22.6 Å². The molecule has 15 heteroatoms. The Hall–Kier alpha value is -2.00. The Morgan fingerprint density at radius 3 is 1.60 bits per heavy atom. The lowest BCUT2D eigenvalue weighted by Crippen LogP contribution is -2.06. The third kappa shape index (κ3) is 11.3. The van der Waals surface area contributed by atoms with Crippen LogP contribution in [-0.4, -0.2) is 38.0 Å².